The highest BCUT2D eigenvalue weighted by Crippen LogP contribution is 2.39. The molecule has 8 heteroatoms. The lowest BCUT2D eigenvalue weighted by molar-refractivity contribution is -0.121. The number of rotatable bonds is 3. The van der Waals surface area contributed by atoms with E-state index in [0.717, 1.165) is 16.5 Å². The van der Waals surface area contributed by atoms with Gasteiger partial charge in [-0.05, 0) is 23.8 Å². The molecule has 0 aliphatic carbocycles. The van der Waals surface area contributed by atoms with E-state index in [1.165, 1.54) is 12.1 Å². The smallest absolute Gasteiger partial charge is 0.269 e. The van der Waals surface area contributed by atoms with Crippen LogP contribution in [0.2, 0.25) is 5.02 Å². The highest BCUT2D eigenvalue weighted by atomic mass is 35.5. The molecule has 2 amide bonds. The van der Waals surface area contributed by atoms with Crippen LogP contribution >= 0.6 is 11.6 Å². The molecule has 0 unspecified atom stereocenters. The van der Waals surface area contributed by atoms with E-state index < -0.39 is 5.91 Å². The monoisotopic (exact) mass is 371 g/mol. The van der Waals surface area contributed by atoms with Gasteiger partial charge in [0.05, 0.1) is 11.4 Å². The molecule has 7 nitrogen and oxygen atoms in total. The van der Waals surface area contributed by atoms with Crippen molar-refractivity contribution >= 4 is 34.3 Å². The molecule has 3 aromatic rings. The average Bonchev–Trinajstić information content (AvgIpc) is 3.27. The van der Waals surface area contributed by atoms with Gasteiger partial charge in [0, 0.05) is 22.7 Å². The number of ether oxygens (including phenoxy) is 2. The van der Waals surface area contributed by atoms with Crippen LogP contribution in [0, 0.1) is 0 Å². The third-order valence-corrected chi connectivity index (χ3v) is 4.31. The van der Waals surface area contributed by atoms with Crippen molar-refractivity contribution in [1.82, 2.24) is 15.8 Å². The molecule has 3 N–H and O–H groups in total. The van der Waals surface area contributed by atoms with Gasteiger partial charge in [-0.15, -0.1) is 0 Å². The molecule has 0 radical (unpaired) electrons. The van der Waals surface area contributed by atoms with Crippen LogP contribution in [0.1, 0.15) is 15.9 Å². The number of aromatic amines is 1. The van der Waals surface area contributed by atoms with E-state index in [1.807, 2.05) is 24.3 Å². The van der Waals surface area contributed by atoms with Crippen LogP contribution in [0.4, 0.5) is 0 Å². The van der Waals surface area contributed by atoms with Crippen molar-refractivity contribution in [3.05, 3.63) is 58.7 Å². The Kier molecular flexibility index (Phi) is 4.14. The second-order valence-electron chi connectivity index (χ2n) is 5.73. The summed E-state index contributed by atoms with van der Waals surface area (Å²) >= 11 is 6.06. The van der Waals surface area contributed by atoms with Crippen LogP contribution in [-0.2, 0) is 11.2 Å². The Hall–Kier alpha value is -3.19. The van der Waals surface area contributed by atoms with Crippen molar-refractivity contribution in [1.29, 1.82) is 0 Å². The number of carbonyl (C=O) groups excluding carboxylic acids is 2. The molecule has 1 aliphatic rings. The van der Waals surface area contributed by atoms with Crippen LogP contribution in [0.5, 0.6) is 11.5 Å². The standard InChI is InChI=1S/C18H14ClN3O4/c19-13-5-10(6-15-17(13)26-9-25-15)18(24)22-21-16(23)7-11-8-20-14-4-2-1-3-12(11)14/h1-6,8,20H,7,9H2,(H,21,23)(H,22,24). The zero-order valence-corrected chi connectivity index (χ0v) is 14.2. The number of amides is 2. The van der Waals surface area contributed by atoms with Gasteiger partial charge in [-0.2, -0.15) is 0 Å². The van der Waals surface area contributed by atoms with Gasteiger partial charge in [0.25, 0.3) is 5.91 Å². The first-order valence-corrected chi connectivity index (χ1v) is 8.23. The molecule has 1 aromatic heterocycles. The molecular weight excluding hydrogens is 358 g/mol. The fraction of sp³-hybridized carbons (Fsp3) is 0.111. The summed E-state index contributed by atoms with van der Waals surface area (Å²) in [6.45, 7) is 0.0570. The van der Waals surface area contributed by atoms with Crippen LogP contribution in [0.3, 0.4) is 0 Å². The van der Waals surface area contributed by atoms with Gasteiger partial charge in [0.15, 0.2) is 11.5 Å². The zero-order valence-electron chi connectivity index (χ0n) is 13.5. The number of nitrogens with one attached hydrogen (secondary N) is 3. The maximum atomic E-state index is 12.2. The predicted molar refractivity (Wildman–Crippen MR) is 95.2 cm³/mol. The molecule has 0 bridgehead atoms. The van der Waals surface area contributed by atoms with Crippen molar-refractivity contribution in [2.75, 3.05) is 6.79 Å². The lowest BCUT2D eigenvalue weighted by atomic mass is 10.1. The first-order chi connectivity index (χ1) is 12.6. The number of carbonyl (C=O) groups is 2. The topological polar surface area (TPSA) is 92.5 Å². The maximum absolute atomic E-state index is 12.2. The molecule has 4 rings (SSSR count). The van der Waals surface area contributed by atoms with Gasteiger partial charge in [-0.1, -0.05) is 29.8 Å². The summed E-state index contributed by atoms with van der Waals surface area (Å²) in [7, 11) is 0. The summed E-state index contributed by atoms with van der Waals surface area (Å²) in [5, 5.41) is 1.24. The Morgan fingerprint density at radius 3 is 2.88 bits per heavy atom. The van der Waals surface area contributed by atoms with E-state index >= 15 is 0 Å². The first kappa shape index (κ1) is 16.3. The summed E-state index contributed by atoms with van der Waals surface area (Å²) in [5.74, 6) is -0.0354. The average molecular weight is 372 g/mol. The Labute approximate surface area is 153 Å². The van der Waals surface area contributed by atoms with Crippen LogP contribution < -0.4 is 20.3 Å². The third kappa shape index (κ3) is 3.04. The minimum Gasteiger partial charge on any atom is -0.454 e. The first-order valence-electron chi connectivity index (χ1n) is 7.85. The van der Waals surface area contributed by atoms with Gasteiger partial charge in [-0.3, -0.25) is 20.4 Å². The van der Waals surface area contributed by atoms with Crippen LogP contribution in [-0.4, -0.2) is 23.6 Å². The third-order valence-electron chi connectivity index (χ3n) is 4.03. The maximum Gasteiger partial charge on any atom is 0.269 e. The number of aromatic nitrogens is 1. The summed E-state index contributed by atoms with van der Waals surface area (Å²) in [6, 6.07) is 10.7. The minimum absolute atomic E-state index is 0.0570. The largest absolute Gasteiger partial charge is 0.454 e. The Bertz CT molecular complexity index is 1010. The van der Waals surface area contributed by atoms with Gasteiger partial charge < -0.3 is 14.5 Å². The highest BCUT2D eigenvalue weighted by Gasteiger charge is 2.21. The van der Waals surface area contributed by atoms with E-state index in [9.17, 15) is 9.59 Å². The van der Waals surface area contributed by atoms with E-state index in [4.69, 9.17) is 21.1 Å². The molecule has 0 atom stereocenters. The number of halogens is 1. The molecule has 2 heterocycles. The lowest BCUT2D eigenvalue weighted by Gasteiger charge is -2.08. The quantitative estimate of drug-likeness (QED) is 0.617. The predicted octanol–water partition coefficient (Wildman–Crippen LogP) is 2.55. The Morgan fingerprint density at radius 2 is 2.00 bits per heavy atom. The van der Waals surface area contributed by atoms with Crippen LogP contribution in [0.15, 0.2) is 42.6 Å². The lowest BCUT2D eigenvalue weighted by Crippen LogP contribution is -2.42. The molecule has 26 heavy (non-hydrogen) atoms. The van der Waals surface area contributed by atoms with E-state index in [0.29, 0.717) is 11.5 Å². The number of para-hydroxylation sites is 1. The molecule has 0 fully saturated rings. The van der Waals surface area contributed by atoms with Gasteiger partial charge in [-0.25, -0.2) is 0 Å². The number of hydrogen-bond acceptors (Lipinski definition) is 4. The summed E-state index contributed by atoms with van der Waals surface area (Å²) in [5.41, 5.74) is 6.83. The Morgan fingerprint density at radius 1 is 1.15 bits per heavy atom. The van der Waals surface area contributed by atoms with Crippen molar-refractivity contribution < 1.29 is 19.1 Å². The molecular formula is C18H14ClN3O4. The number of benzene rings is 2. The van der Waals surface area contributed by atoms with E-state index in [2.05, 4.69) is 15.8 Å². The Balaban J connectivity index is 1.40. The normalized spacial score (nSPS) is 12.2. The number of hydrogen-bond donors (Lipinski definition) is 3. The summed E-state index contributed by atoms with van der Waals surface area (Å²) in [6.07, 6.45) is 1.91. The van der Waals surface area contributed by atoms with Crippen LogP contribution in [0.25, 0.3) is 10.9 Å². The molecule has 2 aromatic carbocycles. The van der Waals surface area contributed by atoms with Gasteiger partial charge in [0.1, 0.15) is 0 Å². The highest BCUT2D eigenvalue weighted by molar-refractivity contribution is 6.32. The minimum atomic E-state index is -0.502. The summed E-state index contributed by atoms with van der Waals surface area (Å²) < 4.78 is 10.4. The van der Waals surface area contributed by atoms with Crippen molar-refractivity contribution in [3.63, 3.8) is 0 Å². The second kappa shape index (κ2) is 6.61. The number of fused-ring (bicyclic) bond motifs is 2. The molecule has 132 valence electrons. The fourth-order valence-corrected chi connectivity index (χ4v) is 3.06. The van der Waals surface area contributed by atoms with Gasteiger partial charge in [0.2, 0.25) is 12.7 Å². The summed E-state index contributed by atoms with van der Waals surface area (Å²) in [4.78, 5) is 27.5. The van der Waals surface area contributed by atoms with Crippen molar-refractivity contribution in [3.8, 4) is 11.5 Å². The number of hydrazine groups is 1. The zero-order chi connectivity index (χ0) is 18.1. The number of H-pyrrole nitrogens is 1. The fourth-order valence-electron chi connectivity index (χ4n) is 2.79. The molecule has 1 aliphatic heterocycles. The van der Waals surface area contributed by atoms with Crippen molar-refractivity contribution in [2.24, 2.45) is 0 Å². The molecule has 0 saturated carbocycles. The van der Waals surface area contributed by atoms with Gasteiger partial charge >= 0.3 is 0 Å². The second-order valence-corrected chi connectivity index (χ2v) is 6.14. The van der Waals surface area contributed by atoms with E-state index in [-0.39, 0.29) is 29.7 Å². The molecule has 0 spiro atoms. The van der Waals surface area contributed by atoms with E-state index in [1.54, 1.807) is 6.20 Å². The molecule has 0 saturated heterocycles. The van der Waals surface area contributed by atoms with Crippen molar-refractivity contribution in [2.45, 2.75) is 6.42 Å². The SMILES string of the molecule is O=C(Cc1c[nH]c2ccccc12)NNC(=O)c1cc(Cl)c2c(c1)OCO2.